The molecule has 0 N–H and O–H groups in total. The van der Waals surface area contributed by atoms with Crippen molar-refractivity contribution in [3.8, 4) is 0 Å². The highest BCUT2D eigenvalue weighted by Crippen LogP contribution is 2.01. The van der Waals surface area contributed by atoms with Crippen molar-refractivity contribution in [2.45, 2.75) is 27.2 Å². The summed E-state index contributed by atoms with van der Waals surface area (Å²) in [5.41, 5.74) is 1.43. The van der Waals surface area contributed by atoms with Crippen LogP contribution in [0.4, 0.5) is 0 Å². The molecule has 0 aliphatic heterocycles. The highest BCUT2D eigenvalue weighted by Gasteiger charge is 1.82. The molecule has 0 aromatic carbocycles. The smallest absolute Gasteiger partial charge is 0.0169 e. The van der Waals surface area contributed by atoms with Gasteiger partial charge < -0.3 is 0 Å². The molecular formula is C7H13. The third kappa shape index (κ3) is 2.44. The standard InChI is InChI=1S/C7H13/c1-4-7(5-2)6-3/h4-5H,6H2,1-3H3. The minimum absolute atomic E-state index is 1.16. The Bertz CT molecular complexity index is 54.4. The molecule has 0 fully saturated rings. The van der Waals surface area contributed by atoms with Gasteiger partial charge in [-0.15, -0.1) is 0 Å². The van der Waals surface area contributed by atoms with Crippen LogP contribution in [0.3, 0.4) is 0 Å². The molecule has 0 aromatic rings. The zero-order valence-electron chi connectivity index (χ0n) is 5.36. The maximum atomic E-state index is 2.16. The van der Waals surface area contributed by atoms with E-state index in [1.807, 2.05) is 0 Å². The summed E-state index contributed by atoms with van der Waals surface area (Å²) in [6, 6.07) is 0. The molecule has 0 atom stereocenters. The largest absolute Gasteiger partial charge is 0.0882 e. The van der Waals surface area contributed by atoms with Gasteiger partial charge in [0.1, 0.15) is 0 Å². The molecular weight excluding hydrogens is 84.1 g/mol. The summed E-state index contributed by atoms with van der Waals surface area (Å²) in [7, 11) is 0. The molecule has 0 aliphatic rings. The van der Waals surface area contributed by atoms with Crippen LogP contribution in [0.1, 0.15) is 27.2 Å². The molecule has 0 spiro atoms. The topological polar surface area (TPSA) is 0 Å². The van der Waals surface area contributed by atoms with Crippen LogP contribution in [-0.4, -0.2) is 0 Å². The van der Waals surface area contributed by atoms with Gasteiger partial charge in [0, 0.05) is 0 Å². The molecule has 0 saturated heterocycles. The zero-order chi connectivity index (χ0) is 5.70. The van der Waals surface area contributed by atoms with Crippen LogP contribution in [0.2, 0.25) is 0 Å². The lowest BCUT2D eigenvalue weighted by molar-refractivity contribution is 1.10. The maximum Gasteiger partial charge on any atom is -0.0169 e. The summed E-state index contributed by atoms with van der Waals surface area (Å²) >= 11 is 0. The Labute approximate surface area is 46.2 Å². The Morgan fingerprint density at radius 3 is 2.00 bits per heavy atom. The zero-order valence-corrected chi connectivity index (χ0v) is 5.36. The fraction of sp³-hybridized carbons (Fsp3) is 0.571. The summed E-state index contributed by atoms with van der Waals surface area (Å²) in [5.74, 6) is 0. The van der Waals surface area contributed by atoms with Gasteiger partial charge in [-0.1, -0.05) is 25.5 Å². The fourth-order valence-electron chi connectivity index (χ4n) is 0.575. The normalized spacial score (nSPS) is 12.1. The van der Waals surface area contributed by atoms with Crippen molar-refractivity contribution >= 4 is 0 Å². The first-order valence-electron chi connectivity index (χ1n) is 2.79. The van der Waals surface area contributed by atoms with Crippen molar-refractivity contribution in [1.82, 2.24) is 0 Å². The Kier molecular flexibility index (Phi) is 3.77. The Morgan fingerprint density at radius 2 is 2.00 bits per heavy atom. The van der Waals surface area contributed by atoms with Gasteiger partial charge in [0.2, 0.25) is 0 Å². The van der Waals surface area contributed by atoms with E-state index in [4.69, 9.17) is 0 Å². The quantitative estimate of drug-likeness (QED) is 0.496. The molecule has 0 rings (SSSR count). The fourth-order valence-corrected chi connectivity index (χ4v) is 0.575. The molecule has 0 heteroatoms. The van der Waals surface area contributed by atoms with Crippen LogP contribution < -0.4 is 0 Å². The average molecular weight is 97.2 g/mol. The van der Waals surface area contributed by atoms with Gasteiger partial charge in [0.05, 0.1) is 0 Å². The van der Waals surface area contributed by atoms with Crippen molar-refractivity contribution in [2.24, 2.45) is 0 Å². The van der Waals surface area contributed by atoms with Crippen molar-refractivity contribution in [3.63, 3.8) is 0 Å². The van der Waals surface area contributed by atoms with Gasteiger partial charge in [-0.25, -0.2) is 0 Å². The summed E-state index contributed by atoms with van der Waals surface area (Å²) in [5, 5.41) is 0. The van der Waals surface area contributed by atoms with E-state index in [1.54, 1.807) is 0 Å². The third-order valence-electron chi connectivity index (χ3n) is 1.15. The maximum absolute atomic E-state index is 2.16. The molecule has 7 heavy (non-hydrogen) atoms. The average Bonchev–Trinajstić information content (AvgIpc) is 1.72. The minimum atomic E-state index is 1.16. The predicted octanol–water partition coefficient (Wildman–Crippen LogP) is 2.57. The highest BCUT2D eigenvalue weighted by atomic mass is 13.9. The highest BCUT2D eigenvalue weighted by molar-refractivity contribution is 5.08. The van der Waals surface area contributed by atoms with Gasteiger partial charge in [-0.05, 0) is 19.8 Å². The van der Waals surface area contributed by atoms with Crippen LogP contribution in [-0.2, 0) is 0 Å². The molecule has 0 bridgehead atoms. The first-order chi connectivity index (χ1) is 3.35. The van der Waals surface area contributed by atoms with E-state index in [0.29, 0.717) is 0 Å². The number of hydrogen-bond donors (Lipinski definition) is 0. The minimum Gasteiger partial charge on any atom is -0.0882 e. The lowest BCUT2D eigenvalue weighted by Crippen LogP contribution is -1.73. The van der Waals surface area contributed by atoms with E-state index in [9.17, 15) is 0 Å². The van der Waals surface area contributed by atoms with Crippen LogP contribution in [0.5, 0.6) is 0 Å². The lowest BCUT2D eigenvalue weighted by Gasteiger charge is -1.92. The van der Waals surface area contributed by atoms with Crippen molar-refractivity contribution in [2.75, 3.05) is 0 Å². The van der Waals surface area contributed by atoms with E-state index in [1.165, 1.54) is 5.57 Å². The van der Waals surface area contributed by atoms with Gasteiger partial charge in [-0.3, -0.25) is 0 Å². The second kappa shape index (κ2) is 3.91. The van der Waals surface area contributed by atoms with Gasteiger partial charge in [-0.2, -0.15) is 0 Å². The first-order valence-corrected chi connectivity index (χ1v) is 2.79. The molecule has 0 amide bonds. The Morgan fingerprint density at radius 1 is 1.43 bits per heavy atom. The van der Waals surface area contributed by atoms with Gasteiger partial charge >= 0.3 is 0 Å². The van der Waals surface area contributed by atoms with E-state index in [-0.39, 0.29) is 0 Å². The Balaban J connectivity index is 3.38. The van der Waals surface area contributed by atoms with Crippen molar-refractivity contribution in [3.05, 3.63) is 18.1 Å². The van der Waals surface area contributed by atoms with E-state index < -0.39 is 0 Å². The second-order valence-electron chi connectivity index (χ2n) is 1.51. The van der Waals surface area contributed by atoms with Crippen molar-refractivity contribution in [1.29, 1.82) is 0 Å². The predicted molar refractivity (Wildman–Crippen MR) is 34.0 cm³/mol. The first kappa shape index (κ1) is 6.74. The molecule has 0 aromatic heterocycles. The monoisotopic (exact) mass is 97.1 g/mol. The SMILES string of the molecule is C[CH]C(=CC)CC. The van der Waals surface area contributed by atoms with Crippen LogP contribution >= 0.6 is 0 Å². The van der Waals surface area contributed by atoms with Crippen LogP contribution in [0.25, 0.3) is 0 Å². The molecule has 0 unspecified atom stereocenters. The molecule has 1 radical (unpaired) electrons. The van der Waals surface area contributed by atoms with Gasteiger partial charge in [0.15, 0.2) is 0 Å². The van der Waals surface area contributed by atoms with E-state index >= 15 is 0 Å². The third-order valence-corrected chi connectivity index (χ3v) is 1.15. The summed E-state index contributed by atoms with van der Waals surface area (Å²) < 4.78 is 0. The number of rotatable bonds is 2. The summed E-state index contributed by atoms with van der Waals surface area (Å²) in [6.45, 7) is 6.30. The Hall–Kier alpha value is -0.260. The number of allylic oxidation sites excluding steroid dienone is 2. The second-order valence-corrected chi connectivity index (χ2v) is 1.51. The van der Waals surface area contributed by atoms with Crippen LogP contribution in [0.15, 0.2) is 11.6 Å². The number of hydrogen-bond acceptors (Lipinski definition) is 0. The molecule has 0 aliphatic carbocycles. The van der Waals surface area contributed by atoms with Crippen LogP contribution in [0, 0.1) is 6.42 Å². The molecule has 0 heterocycles. The van der Waals surface area contributed by atoms with Crippen molar-refractivity contribution < 1.29 is 0 Å². The van der Waals surface area contributed by atoms with E-state index in [2.05, 4.69) is 33.3 Å². The summed E-state index contributed by atoms with van der Waals surface area (Å²) in [4.78, 5) is 0. The molecule has 41 valence electrons. The summed E-state index contributed by atoms with van der Waals surface area (Å²) in [6.07, 6.45) is 5.44. The van der Waals surface area contributed by atoms with E-state index in [0.717, 1.165) is 6.42 Å². The lowest BCUT2D eigenvalue weighted by atomic mass is 10.1. The van der Waals surface area contributed by atoms with Gasteiger partial charge in [0.25, 0.3) is 0 Å². The molecule has 0 nitrogen and oxygen atoms in total. The molecule has 0 saturated carbocycles.